The van der Waals surface area contributed by atoms with E-state index < -0.39 is 28.4 Å². The second kappa shape index (κ2) is 9.37. The van der Waals surface area contributed by atoms with Gasteiger partial charge >= 0.3 is 0 Å². The summed E-state index contributed by atoms with van der Waals surface area (Å²) in [7, 11) is -4.64. The second-order valence-electron chi connectivity index (χ2n) is 8.09. The summed E-state index contributed by atoms with van der Waals surface area (Å²) in [5.41, 5.74) is 7.01. The van der Waals surface area contributed by atoms with Gasteiger partial charge in [-0.25, -0.2) is 8.42 Å². The predicted octanol–water partition coefficient (Wildman–Crippen LogP) is 3.25. The SMILES string of the molecule is COc1cc(P(C)(C)=O)ccc1N1C(N)=NN=C(Cl)C1Nc1ccccc1S(=O)(=O)C(C)C. The number of methoxy groups -OCH3 is 1. The van der Waals surface area contributed by atoms with E-state index in [1.165, 1.54) is 13.2 Å². The maximum absolute atomic E-state index is 12.9. The summed E-state index contributed by atoms with van der Waals surface area (Å²) >= 11 is 6.42. The first-order valence-electron chi connectivity index (χ1n) is 10.1. The molecule has 178 valence electrons. The van der Waals surface area contributed by atoms with E-state index in [0.29, 0.717) is 22.4 Å². The van der Waals surface area contributed by atoms with Crippen LogP contribution in [0.4, 0.5) is 11.4 Å². The number of nitrogens with one attached hydrogen (secondary N) is 1. The Morgan fingerprint density at radius 1 is 1.18 bits per heavy atom. The molecule has 1 aliphatic heterocycles. The van der Waals surface area contributed by atoms with Crippen molar-refractivity contribution in [3.63, 3.8) is 0 Å². The molecular formula is C21H27ClN5O4PS. The van der Waals surface area contributed by atoms with Crippen molar-refractivity contribution in [1.29, 1.82) is 0 Å². The van der Waals surface area contributed by atoms with Crippen molar-refractivity contribution in [3.05, 3.63) is 42.5 Å². The standard InChI is InChI=1S/C21H27ClN5O4PS/c1-13(2)33(29,30)18-9-7-6-8-15(18)24-20-19(22)25-26-21(23)27(20)16-11-10-14(32(4,5)28)12-17(16)31-3/h6-13,20,24H,1-5H3,(H2,23,26). The molecule has 1 unspecified atom stereocenters. The molecule has 1 atom stereocenters. The number of para-hydroxylation sites is 1. The van der Waals surface area contributed by atoms with Crippen molar-refractivity contribution in [2.24, 2.45) is 15.9 Å². The molecule has 0 saturated heterocycles. The molecule has 3 N–H and O–H groups in total. The maximum Gasteiger partial charge on any atom is 0.223 e. The Balaban J connectivity index is 2.11. The topological polar surface area (TPSA) is 126 Å². The molecule has 0 fully saturated rings. The van der Waals surface area contributed by atoms with Crippen LogP contribution in [0.3, 0.4) is 0 Å². The van der Waals surface area contributed by atoms with Gasteiger partial charge in [0.15, 0.2) is 21.2 Å². The number of hydrogen-bond donors (Lipinski definition) is 2. The van der Waals surface area contributed by atoms with Crippen LogP contribution in [0.2, 0.25) is 0 Å². The quantitative estimate of drug-likeness (QED) is 0.546. The molecule has 0 amide bonds. The van der Waals surface area contributed by atoms with E-state index in [9.17, 15) is 13.0 Å². The summed E-state index contributed by atoms with van der Waals surface area (Å²) in [4.78, 5) is 1.68. The zero-order valence-corrected chi connectivity index (χ0v) is 21.4. The smallest absolute Gasteiger partial charge is 0.223 e. The lowest BCUT2D eigenvalue weighted by atomic mass is 10.2. The van der Waals surface area contributed by atoms with Crippen LogP contribution in [-0.4, -0.2) is 51.4 Å². The molecule has 2 aromatic carbocycles. The highest BCUT2D eigenvalue weighted by Gasteiger charge is 2.33. The second-order valence-corrected chi connectivity index (χ2v) is 14.2. The van der Waals surface area contributed by atoms with Crippen molar-refractivity contribution < 1.29 is 17.7 Å². The maximum atomic E-state index is 12.9. The van der Waals surface area contributed by atoms with Crippen molar-refractivity contribution in [2.75, 3.05) is 30.7 Å². The number of halogens is 1. The fraction of sp³-hybridized carbons (Fsp3) is 0.333. The van der Waals surface area contributed by atoms with Crippen LogP contribution in [0.25, 0.3) is 0 Å². The largest absolute Gasteiger partial charge is 0.495 e. The molecule has 0 aromatic heterocycles. The Kier molecular flexibility index (Phi) is 7.12. The van der Waals surface area contributed by atoms with Crippen LogP contribution in [0.15, 0.2) is 57.6 Å². The van der Waals surface area contributed by atoms with Gasteiger partial charge < -0.3 is 20.4 Å². The average Bonchev–Trinajstić information content (AvgIpc) is 2.75. The number of anilines is 2. The monoisotopic (exact) mass is 511 g/mol. The fourth-order valence-electron chi connectivity index (χ4n) is 3.26. The molecule has 0 saturated carbocycles. The Labute approximate surface area is 199 Å². The number of guanidine groups is 1. The summed E-state index contributed by atoms with van der Waals surface area (Å²) in [6.07, 6.45) is -0.873. The molecule has 2 aromatic rings. The minimum Gasteiger partial charge on any atom is -0.495 e. The lowest BCUT2D eigenvalue weighted by molar-refractivity contribution is 0.415. The highest BCUT2D eigenvalue weighted by molar-refractivity contribution is 7.92. The van der Waals surface area contributed by atoms with Gasteiger partial charge in [0.05, 0.1) is 28.6 Å². The molecule has 12 heteroatoms. The van der Waals surface area contributed by atoms with Crippen LogP contribution < -0.4 is 26.0 Å². The minimum absolute atomic E-state index is 0.0170. The molecule has 3 rings (SSSR count). The van der Waals surface area contributed by atoms with E-state index in [0.717, 1.165) is 0 Å². The third-order valence-corrected chi connectivity index (χ3v) is 9.14. The van der Waals surface area contributed by atoms with E-state index in [1.54, 1.807) is 68.5 Å². The number of sulfone groups is 1. The molecular weight excluding hydrogens is 485 g/mol. The van der Waals surface area contributed by atoms with E-state index in [1.807, 2.05) is 0 Å². The summed E-state index contributed by atoms with van der Waals surface area (Å²) < 4.78 is 43.9. The molecule has 0 radical (unpaired) electrons. The molecule has 33 heavy (non-hydrogen) atoms. The fourth-order valence-corrected chi connectivity index (χ4v) is 5.52. The van der Waals surface area contributed by atoms with Gasteiger partial charge in [-0.05, 0) is 57.5 Å². The van der Waals surface area contributed by atoms with Gasteiger partial charge in [0.1, 0.15) is 12.9 Å². The van der Waals surface area contributed by atoms with Crippen LogP contribution in [0, 0.1) is 0 Å². The van der Waals surface area contributed by atoms with Gasteiger partial charge in [0.2, 0.25) is 5.96 Å². The number of nitrogens with two attached hydrogens (primary N) is 1. The first-order chi connectivity index (χ1) is 15.4. The van der Waals surface area contributed by atoms with Gasteiger partial charge in [-0.2, -0.15) is 0 Å². The van der Waals surface area contributed by atoms with Crippen molar-refractivity contribution in [3.8, 4) is 5.75 Å². The van der Waals surface area contributed by atoms with Gasteiger partial charge in [-0.15, -0.1) is 10.2 Å². The first kappa shape index (κ1) is 25.1. The Hall–Kier alpha value is -2.55. The Morgan fingerprint density at radius 2 is 1.85 bits per heavy atom. The van der Waals surface area contributed by atoms with Crippen molar-refractivity contribution in [1.82, 2.24) is 0 Å². The average molecular weight is 512 g/mol. The van der Waals surface area contributed by atoms with Crippen LogP contribution in [0.5, 0.6) is 5.75 Å². The zero-order valence-electron chi connectivity index (χ0n) is 19.0. The highest BCUT2D eigenvalue weighted by Crippen LogP contribution is 2.39. The van der Waals surface area contributed by atoms with Gasteiger partial charge in [-0.1, -0.05) is 23.7 Å². The molecule has 0 bridgehead atoms. The minimum atomic E-state index is -3.59. The summed E-state index contributed by atoms with van der Waals surface area (Å²) in [5, 5.41) is 11.0. The number of rotatable bonds is 7. The Morgan fingerprint density at radius 3 is 2.45 bits per heavy atom. The highest BCUT2D eigenvalue weighted by atomic mass is 35.5. The Bertz CT molecular complexity index is 1270. The van der Waals surface area contributed by atoms with Crippen LogP contribution in [-0.2, 0) is 14.4 Å². The lowest BCUT2D eigenvalue weighted by Gasteiger charge is -2.35. The van der Waals surface area contributed by atoms with Gasteiger partial charge in [0.25, 0.3) is 0 Å². The molecule has 1 aliphatic rings. The normalized spacial score (nSPS) is 16.9. The van der Waals surface area contributed by atoms with E-state index in [2.05, 4.69) is 15.5 Å². The number of ether oxygens (including phenoxy) is 1. The van der Waals surface area contributed by atoms with Crippen LogP contribution in [0.1, 0.15) is 13.8 Å². The molecule has 0 spiro atoms. The van der Waals surface area contributed by atoms with Crippen molar-refractivity contribution >= 4 is 56.4 Å². The number of benzene rings is 2. The van der Waals surface area contributed by atoms with Crippen molar-refractivity contribution in [2.45, 2.75) is 30.2 Å². The summed E-state index contributed by atoms with van der Waals surface area (Å²) in [6, 6.07) is 11.6. The van der Waals surface area contributed by atoms with Crippen LogP contribution >= 0.6 is 18.7 Å². The molecule has 1 heterocycles. The first-order valence-corrected chi connectivity index (χ1v) is 14.6. The number of hydrogen-bond acceptors (Lipinski definition) is 9. The van der Waals surface area contributed by atoms with Gasteiger partial charge in [0, 0.05) is 5.30 Å². The third kappa shape index (κ3) is 5.03. The predicted molar refractivity (Wildman–Crippen MR) is 136 cm³/mol. The summed E-state index contributed by atoms with van der Waals surface area (Å²) in [5.74, 6) is 0.416. The van der Waals surface area contributed by atoms with E-state index >= 15 is 0 Å². The van der Waals surface area contributed by atoms with E-state index in [4.69, 9.17) is 22.1 Å². The van der Waals surface area contributed by atoms with Gasteiger partial charge in [-0.3, -0.25) is 4.90 Å². The molecule has 0 aliphatic carbocycles. The number of nitrogens with zero attached hydrogens (tertiary/aromatic N) is 3. The lowest BCUT2D eigenvalue weighted by Crippen LogP contribution is -2.53. The van der Waals surface area contributed by atoms with E-state index in [-0.39, 0.29) is 16.0 Å². The molecule has 9 nitrogen and oxygen atoms in total. The third-order valence-electron chi connectivity index (χ3n) is 5.13. The summed E-state index contributed by atoms with van der Waals surface area (Å²) in [6.45, 7) is 6.56. The zero-order chi connectivity index (χ0) is 24.6.